The maximum atomic E-state index is 12.3. The molecular formula is C25H34N8O11. The smallest absolute Gasteiger partial charge is 0.326 e. The molecule has 44 heavy (non-hydrogen) atoms. The van der Waals surface area contributed by atoms with Gasteiger partial charge in [0.2, 0.25) is 5.95 Å². The number of aliphatic hydroxyl groups is 4. The first-order chi connectivity index (χ1) is 20.8. The van der Waals surface area contributed by atoms with Crippen LogP contribution >= 0.6 is 0 Å². The minimum absolute atomic E-state index is 0.00119. The summed E-state index contributed by atoms with van der Waals surface area (Å²) in [5.74, 6) is -2.77. The molecule has 19 nitrogen and oxygen atoms in total. The second kappa shape index (κ2) is 15.2. The lowest BCUT2D eigenvalue weighted by Crippen LogP contribution is -2.61. The summed E-state index contributed by atoms with van der Waals surface area (Å²) in [6, 6.07) is 3.92. The van der Waals surface area contributed by atoms with Crippen LogP contribution in [0.4, 0.5) is 23.1 Å². The van der Waals surface area contributed by atoms with Crippen molar-refractivity contribution >= 4 is 46.7 Å². The fraction of sp³-hybridized carbons (Fsp3) is 0.440. The van der Waals surface area contributed by atoms with Gasteiger partial charge < -0.3 is 62.8 Å². The van der Waals surface area contributed by atoms with Crippen LogP contribution < -0.4 is 33.0 Å². The lowest BCUT2D eigenvalue weighted by molar-refractivity contribution is -0.248. The predicted octanol–water partition coefficient (Wildman–Crippen LogP) is -3.24. The number of aliphatic carboxylic acids is 2. The molecule has 0 aliphatic carbocycles. The summed E-state index contributed by atoms with van der Waals surface area (Å²) in [6.45, 7) is 0.212. The molecular weight excluding hydrogens is 588 g/mol. The van der Waals surface area contributed by atoms with E-state index in [1.165, 1.54) is 12.1 Å². The van der Waals surface area contributed by atoms with E-state index in [0.717, 1.165) is 0 Å². The predicted molar refractivity (Wildman–Crippen MR) is 154 cm³/mol. The van der Waals surface area contributed by atoms with Crippen molar-refractivity contribution < 1.29 is 49.8 Å². The normalized spacial score (nSPS) is 23.0. The second-order valence-electron chi connectivity index (χ2n) is 9.71. The van der Waals surface area contributed by atoms with Crippen LogP contribution in [-0.2, 0) is 14.3 Å². The van der Waals surface area contributed by atoms with E-state index in [0.29, 0.717) is 30.3 Å². The molecule has 14 N–H and O–H groups in total. The number of amides is 1. The topological polar surface area (TPSA) is 328 Å². The molecule has 6 atom stereocenters. The van der Waals surface area contributed by atoms with Gasteiger partial charge in [0.05, 0.1) is 31.4 Å². The number of aliphatic hydroxyl groups excluding tert-OH is 4. The van der Waals surface area contributed by atoms with Crippen molar-refractivity contribution in [3.63, 3.8) is 0 Å². The van der Waals surface area contributed by atoms with Gasteiger partial charge in [-0.05, 0) is 30.7 Å². The maximum absolute atomic E-state index is 12.3. The number of carboxylic acid groups (broad SMARTS) is 2. The summed E-state index contributed by atoms with van der Waals surface area (Å²) in [6.07, 6.45) is -5.45. The largest absolute Gasteiger partial charge is 0.481 e. The van der Waals surface area contributed by atoms with E-state index < -0.39 is 66.7 Å². The van der Waals surface area contributed by atoms with E-state index in [9.17, 15) is 29.4 Å². The average Bonchev–Trinajstić information content (AvgIpc) is 2.99. The molecule has 2 aromatic rings. The molecule has 1 aromatic heterocycles. The van der Waals surface area contributed by atoms with E-state index in [4.69, 9.17) is 36.6 Å². The highest BCUT2D eigenvalue weighted by Crippen LogP contribution is 2.21. The maximum Gasteiger partial charge on any atom is 0.326 e. The van der Waals surface area contributed by atoms with Crippen LogP contribution in [0.3, 0.4) is 0 Å². The molecule has 2 aliphatic rings. The molecule has 3 heterocycles. The number of carboxylic acids is 2. The van der Waals surface area contributed by atoms with Crippen LogP contribution in [0.5, 0.6) is 0 Å². The number of fused-ring (bicyclic) bond motifs is 1. The van der Waals surface area contributed by atoms with Crippen molar-refractivity contribution in [1.82, 2.24) is 15.3 Å². The molecule has 1 amide bonds. The fourth-order valence-corrected chi connectivity index (χ4v) is 4.02. The summed E-state index contributed by atoms with van der Waals surface area (Å²) >= 11 is 0. The molecule has 0 spiro atoms. The number of nitrogens with zero attached hydrogens (tertiary/aromatic N) is 2. The Balaban J connectivity index is 0.000000369. The third kappa shape index (κ3) is 8.92. The van der Waals surface area contributed by atoms with Gasteiger partial charge in [-0.2, -0.15) is 4.98 Å². The third-order valence-corrected chi connectivity index (χ3v) is 6.49. The number of ether oxygens (including phenoxy) is 1. The minimum atomic E-state index is -1.35. The Hall–Kier alpha value is -4.66. The summed E-state index contributed by atoms with van der Waals surface area (Å²) in [7, 11) is 0. The lowest BCUT2D eigenvalue weighted by Gasteiger charge is -2.38. The molecule has 1 fully saturated rings. The van der Waals surface area contributed by atoms with Crippen LogP contribution in [-0.4, -0.2) is 121 Å². The first kappa shape index (κ1) is 33.8. The van der Waals surface area contributed by atoms with E-state index in [1.54, 1.807) is 12.1 Å². The van der Waals surface area contributed by atoms with E-state index >= 15 is 0 Å². The Morgan fingerprint density at radius 3 is 2.41 bits per heavy atom. The number of aliphatic imine (C=N–C) groups is 1. The van der Waals surface area contributed by atoms with Gasteiger partial charge >= 0.3 is 11.9 Å². The van der Waals surface area contributed by atoms with E-state index in [1.807, 2.05) is 0 Å². The number of hydrogen-bond donors (Lipinski definition) is 12. The summed E-state index contributed by atoms with van der Waals surface area (Å²) in [4.78, 5) is 56.7. The zero-order valence-corrected chi connectivity index (χ0v) is 23.1. The Kier molecular flexibility index (Phi) is 11.7. The number of nitrogens with one attached hydrogen (secondary N) is 4. The number of benzene rings is 1. The van der Waals surface area contributed by atoms with Crippen molar-refractivity contribution in [2.24, 2.45) is 10.7 Å². The Bertz CT molecular complexity index is 1410. The Morgan fingerprint density at radius 2 is 1.80 bits per heavy atom. The molecule has 1 unspecified atom stereocenters. The van der Waals surface area contributed by atoms with Gasteiger partial charge in [-0.15, -0.1) is 0 Å². The van der Waals surface area contributed by atoms with Gasteiger partial charge in [-0.3, -0.25) is 19.4 Å². The van der Waals surface area contributed by atoms with Crippen LogP contribution in [0.1, 0.15) is 23.2 Å². The van der Waals surface area contributed by atoms with Crippen LogP contribution in [0.15, 0.2) is 34.1 Å². The van der Waals surface area contributed by atoms with Crippen molar-refractivity contribution in [2.75, 3.05) is 36.1 Å². The summed E-state index contributed by atoms with van der Waals surface area (Å²) < 4.78 is 4.70. The highest BCUT2D eigenvalue weighted by atomic mass is 16.6. The Morgan fingerprint density at radius 1 is 1.11 bits per heavy atom. The molecule has 19 heteroatoms. The molecule has 0 radical (unpaired) electrons. The molecule has 1 aromatic carbocycles. The quantitative estimate of drug-likeness (QED) is 0.124. The van der Waals surface area contributed by atoms with Crippen molar-refractivity contribution in [3.8, 4) is 0 Å². The van der Waals surface area contributed by atoms with Gasteiger partial charge in [0.1, 0.15) is 24.4 Å². The molecule has 0 saturated carbocycles. The first-order valence-corrected chi connectivity index (χ1v) is 13.2. The van der Waals surface area contributed by atoms with Crippen molar-refractivity contribution in [3.05, 3.63) is 40.2 Å². The molecule has 240 valence electrons. The zero-order chi connectivity index (χ0) is 32.6. The number of H-pyrrole nitrogens is 1. The molecule has 2 aliphatic heterocycles. The molecule has 0 bridgehead atoms. The van der Waals surface area contributed by atoms with Gasteiger partial charge in [-0.25, -0.2) is 9.79 Å². The third-order valence-electron chi connectivity index (χ3n) is 6.49. The number of nitrogens with two attached hydrogens (primary N) is 2. The number of nitrogen functional groups attached to an aromatic ring is 1. The number of carbonyl (C=O) groups is 3. The van der Waals surface area contributed by atoms with Gasteiger partial charge in [0, 0.05) is 17.7 Å². The number of rotatable bonds is 10. The molecule has 4 rings (SSSR count). The van der Waals surface area contributed by atoms with Crippen LogP contribution in [0.25, 0.3) is 0 Å². The highest BCUT2D eigenvalue weighted by molar-refractivity contribution is 5.98. The Labute approximate surface area is 248 Å². The number of hydrogen-bond acceptors (Lipinski definition) is 15. The van der Waals surface area contributed by atoms with Crippen LogP contribution in [0.2, 0.25) is 0 Å². The van der Waals surface area contributed by atoms with E-state index in [-0.39, 0.29) is 30.0 Å². The SMILES string of the molecule is N[C@H]1C(O)O[C@H](CO)[C@H](O)[C@@H]1O.Nc1nc2c(c(=O)[nH]1)N=C(CNc1ccc(C(=O)N[C@@H](CCC(=O)O)C(=O)O)cc1)CN2. The average molecular weight is 623 g/mol. The highest BCUT2D eigenvalue weighted by Gasteiger charge is 2.41. The zero-order valence-electron chi connectivity index (χ0n) is 23.1. The van der Waals surface area contributed by atoms with Crippen molar-refractivity contribution in [2.45, 2.75) is 49.5 Å². The summed E-state index contributed by atoms with van der Waals surface area (Å²) in [5, 5.41) is 62.3. The number of carbonyl (C=O) groups excluding carboxylic acids is 1. The number of anilines is 3. The van der Waals surface area contributed by atoms with Gasteiger partial charge in [0.25, 0.3) is 11.5 Å². The first-order valence-electron chi connectivity index (χ1n) is 13.2. The number of aromatic nitrogens is 2. The molecule has 1 saturated heterocycles. The summed E-state index contributed by atoms with van der Waals surface area (Å²) in [5.41, 5.74) is 12.0. The minimum Gasteiger partial charge on any atom is -0.481 e. The second-order valence-corrected chi connectivity index (χ2v) is 9.71. The fourth-order valence-electron chi connectivity index (χ4n) is 4.02. The van der Waals surface area contributed by atoms with Crippen molar-refractivity contribution in [1.29, 1.82) is 0 Å². The number of aromatic amines is 1. The standard InChI is InChI=1S/C19H21N7O6.C6H13NO5/c20-19-25-15-14(17(30)26-19)23-11(8-22-15)7-21-10-3-1-9(2-4-10)16(29)24-12(18(31)32)5-6-13(27)28;7-3-5(10)4(9)2(1-8)12-6(3)11/h1-4,12,21H,5-8H2,(H,24,29)(H,27,28)(H,31,32)(H4,20,22,25,26,30);2-6,8-11H,1,7H2/t12-;2-,3-,4+,5-,6?/m01/s1. The van der Waals surface area contributed by atoms with E-state index in [2.05, 4.69) is 30.9 Å². The lowest BCUT2D eigenvalue weighted by atomic mass is 9.98. The van der Waals surface area contributed by atoms with Gasteiger partial charge in [0.15, 0.2) is 17.8 Å². The van der Waals surface area contributed by atoms with Gasteiger partial charge in [-0.1, -0.05) is 0 Å². The van der Waals surface area contributed by atoms with Crippen LogP contribution in [0, 0.1) is 0 Å². The monoisotopic (exact) mass is 622 g/mol.